The Morgan fingerprint density at radius 1 is 1.50 bits per heavy atom. The van der Waals surface area contributed by atoms with Crippen LogP contribution in [0.2, 0.25) is 0 Å². The fourth-order valence-corrected chi connectivity index (χ4v) is 3.31. The SMILES string of the molecule is CC(N)c1cc(Br)ccc1N1CC(O)CC1CN(C)C. The van der Waals surface area contributed by atoms with Crippen molar-refractivity contribution < 1.29 is 5.11 Å². The van der Waals surface area contributed by atoms with Gasteiger partial charge in [0.25, 0.3) is 0 Å². The second kappa shape index (κ2) is 6.43. The molecule has 0 bridgehead atoms. The van der Waals surface area contributed by atoms with Crippen LogP contribution in [0.15, 0.2) is 22.7 Å². The lowest BCUT2D eigenvalue weighted by Crippen LogP contribution is -2.38. The first-order chi connectivity index (χ1) is 9.38. The fraction of sp³-hybridized carbons (Fsp3) is 0.600. The average molecular weight is 342 g/mol. The number of aliphatic hydroxyl groups is 1. The van der Waals surface area contributed by atoms with Crippen LogP contribution in [-0.4, -0.2) is 49.3 Å². The van der Waals surface area contributed by atoms with Gasteiger partial charge >= 0.3 is 0 Å². The fourth-order valence-electron chi connectivity index (χ4n) is 2.93. The first-order valence-corrected chi connectivity index (χ1v) is 7.82. The highest BCUT2D eigenvalue weighted by molar-refractivity contribution is 9.10. The highest BCUT2D eigenvalue weighted by Crippen LogP contribution is 2.33. The van der Waals surface area contributed by atoms with Gasteiger partial charge in [-0.15, -0.1) is 0 Å². The zero-order valence-corrected chi connectivity index (χ0v) is 14.0. The third kappa shape index (κ3) is 3.52. The standard InChI is InChI=1S/C15H24BrN3O/c1-10(17)14-6-11(16)4-5-15(14)19-9-13(20)7-12(19)8-18(2)3/h4-6,10,12-13,20H,7-9,17H2,1-3H3. The molecule has 3 N–H and O–H groups in total. The lowest BCUT2D eigenvalue weighted by Gasteiger charge is -2.31. The molecule has 0 saturated carbocycles. The van der Waals surface area contributed by atoms with Crippen LogP contribution >= 0.6 is 15.9 Å². The molecule has 4 nitrogen and oxygen atoms in total. The van der Waals surface area contributed by atoms with Crippen LogP contribution in [-0.2, 0) is 0 Å². The van der Waals surface area contributed by atoms with Crippen molar-refractivity contribution in [2.24, 2.45) is 5.73 Å². The summed E-state index contributed by atoms with van der Waals surface area (Å²) in [5.74, 6) is 0. The number of benzene rings is 1. The molecule has 3 unspecified atom stereocenters. The Morgan fingerprint density at radius 3 is 2.80 bits per heavy atom. The number of hydrogen-bond donors (Lipinski definition) is 2. The molecule has 112 valence electrons. The van der Waals surface area contributed by atoms with Gasteiger partial charge in [-0.2, -0.15) is 0 Å². The van der Waals surface area contributed by atoms with Gasteiger partial charge in [0.15, 0.2) is 0 Å². The smallest absolute Gasteiger partial charge is 0.0735 e. The Bertz CT molecular complexity index is 464. The number of hydrogen-bond acceptors (Lipinski definition) is 4. The number of anilines is 1. The Labute approximate surface area is 129 Å². The van der Waals surface area contributed by atoms with E-state index in [1.54, 1.807) is 0 Å². The molecule has 0 spiro atoms. The largest absolute Gasteiger partial charge is 0.391 e. The van der Waals surface area contributed by atoms with E-state index in [4.69, 9.17) is 5.73 Å². The number of likely N-dealkylation sites (N-methyl/N-ethyl adjacent to an activating group) is 1. The highest BCUT2D eigenvalue weighted by atomic mass is 79.9. The molecule has 1 aliphatic heterocycles. The van der Waals surface area contributed by atoms with E-state index in [1.165, 1.54) is 0 Å². The van der Waals surface area contributed by atoms with Crippen molar-refractivity contribution in [3.8, 4) is 0 Å². The molecular formula is C15H24BrN3O. The second-order valence-electron chi connectivity index (χ2n) is 5.95. The van der Waals surface area contributed by atoms with Gasteiger partial charge in [0, 0.05) is 35.3 Å². The predicted molar refractivity (Wildman–Crippen MR) is 87.1 cm³/mol. The summed E-state index contributed by atoms with van der Waals surface area (Å²) in [7, 11) is 4.13. The van der Waals surface area contributed by atoms with Crippen molar-refractivity contribution in [3.05, 3.63) is 28.2 Å². The third-order valence-corrected chi connectivity index (χ3v) is 4.25. The summed E-state index contributed by atoms with van der Waals surface area (Å²) in [6.45, 7) is 3.62. The third-order valence-electron chi connectivity index (χ3n) is 3.76. The normalized spacial score (nSPS) is 24.4. The van der Waals surface area contributed by atoms with Gasteiger partial charge in [0.2, 0.25) is 0 Å². The van der Waals surface area contributed by atoms with Crippen LogP contribution < -0.4 is 10.6 Å². The molecule has 0 aromatic heterocycles. The van der Waals surface area contributed by atoms with E-state index < -0.39 is 0 Å². The molecule has 3 atom stereocenters. The van der Waals surface area contributed by atoms with E-state index in [0.29, 0.717) is 12.6 Å². The van der Waals surface area contributed by atoms with Crippen molar-refractivity contribution in [1.82, 2.24) is 4.90 Å². The predicted octanol–water partition coefficient (Wildman–Crippen LogP) is 1.97. The van der Waals surface area contributed by atoms with Crippen LogP contribution in [0.4, 0.5) is 5.69 Å². The summed E-state index contributed by atoms with van der Waals surface area (Å²) < 4.78 is 1.04. The van der Waals surface area contributed by atoms with Gasteiger partial charge in [0.05, 0.1) is 6.10 Å². The van der Waals surface area contributed by atoms with Crippen molar-refractivity contribution in [1.29, 1.82) is 0 Å². The lowest BCUT2D eigenvalue weighted by molar-refractivity contribution is 0.191. The van der Waals surface area contributed by atoms with Gasteiger partial charge in [-0.05, 0) is 51.2 Å². The van der Waals surface area contributed by atoms with E-state index in [-0.39, 0.29) is 12.1 Å². The van der Waals surface area contributed by atoms with Gasteiger partial charge in [-0.25, -0.2) is 0 Å². The number of β-amino-alcohol motifs (C(OH)–C–C–N with tert-alkyl or cyclic N) is 1. The second-order valence-corrected chi connectivity index (χ2v) is 6.87. The molecule has 20 heavy (non-hydrogen) atoms. The van der Waals surface area contributed by atoms with Crippen LogP contribution in [0, 0.1) is 0 Å². The molecule has 1 aromatic rings. The zero-order chi connectivity index (χ0) is 14.9. The number of halogens is 1. The molecule has 1 aliphatic rings. The van der Waals surface area contributed by atoms with Crippen LogP contribution in [0.1, 0.15) is 24.9 Å². The minimum absolute atomic E-state index is 0.0275. The summed E-state index contributed by atoms with van der Waals surface area (Å²) in [4.78, 5) is 4.47. The van der Waals surface area contributed by atoms with Crippen LogP contribution in [0.25, 0.3) is 0 Å². The molecule has 0 amide bonds. The minimum atomic E-state index is -0.260. The van der Waals surface area contributed by atoms with Gasteiger partial charge in [-0.1, -0.05) is 15.9 Å². The van der Waals surface area contributed by atoms with Crippen molar-refractivity contribution in [3.63, 3.8) is 0 Å². The minimum Gasteiger partial charge on any atom is -0.391 e. The zero-order valence-electron chi connectivity index (χ0n) is 12.4. The quantitative estimate of drug-likeness (QED) is 0.879. The van der Waals surface area contributed by atoms with Crippen molar-refractivity contribution in [2.75, 3.05) is 32.1 Å². The topological polar surface area (TPSA) is 52.7 Å². The first kappa shape index (κ1) is 15.8. The van der Waals surface area contributed by atoms with E-state index in [9.17, 15) is 5.11 Å². The Morgan fingerprint density at radius 2 is 2.20 bits per heavy atom. The Kier molecular flexibility index (Phi) is 5.07. The van der Waals surface area contributed by atoms with Gasteiger partial charge in [0.1, 0.15) is 0 Å². The van der Waals surface area contributed by atoms with E-state index in [1.807, 2.05) is 13.0 Å². The first-order valence-electron chi connectivity index (χ1n) is 7.03. The van der Waals surface area contributed by atoms with Crippen LogP contribution in [0.5, 0.6) is 0 Å². The lowest BCUT2D eigenvalue weighted by atomic mass is 10.0. The van der Waals surface area contributed by atoms with Gasteiger partial charge in [-0.3, -0.25) is 0 Å². The number of nitrogens with zero attached hydrogens (tertiary/aromatic N) is 2. The maximum atomic E-state index is 10.0. The molecule has 1 fully saturated rings. The Balaban J connectivity index is 2.33. The summed E-state index contributed by atoms with van der Waals surface area (Å²) >= 11 is 3.51. The molecule has 1 aromatic carbocycles. The maximum absolute atomic E-state index is 10.0. The summed E-state index contributed by atoms with van der Waals surface area (Å²) in [5, 5.41) is 10.0. The van der Waals surface area contributed by atoms with Crippen LogP contribution in [0.3, 0.4) is 0 Å². The maximum Gasteiger partial charge on any atom is 0.0735 e. The molecule has 0 radical (unpaired) electrons. The van der Waals surface area contributed by atoms with E-state index >= 15 is 0 Å². The molecule has 5 heteroatoms. The number of aliphatic hydroxyl groups excluding tert-OH is 1. The molecule has 2 rings (SSSR count). The van der Waals surface area contributed by atoms with E-state index in [2.05, 4.69) is 52.0 Å². The molecular weight excluding hydrogens is 318 g/mol. The van der Waals surface area contributed by atoms with Crippen molar-refractivity contribution >= 4 is 21.6 Å². The summed E-state index contributed by atoms with van der Waals surface area (Å²) in [6, 6.07) is 6.53. The highest BCUT2D eigenvalue weighted by Gasteiger charge is 2.32. The Hall–Kier alpha value is -0.620. The van der Waals surface area contributed by atoms with Gasteiger partial charge < -0.3 is 20.6 Å². The van der Waals surface area contributed by atoms with E-state index in [0.717, 1.165) is 28.7 Å². The monoisotopic (exact) mass is 341 g/mol. The summed E-state index contributed by atoms with van der Waals surface area (Å²) in [5.41, 5.74) is 8.38. The molecule has 1 saturated heterocycles. The van der Waals surface area contributed by atoms with Crippen molar-refractivity contribution in [2.45, 2.75) is 31.5 Å². The number of nitrogens with two attached hydrogens (primary N) is 1. The average Bonchev–Trinajstić information content (AvgIpc) is 2.69. The molecule has 1 heterocycles. The number of rotatable bonds is 4. The summed E-state index contributed by atoms with van der Waals surface area (Å²) in [6.07, 6.45) is 0.552. The molecule has 0 aliphatic carbocycles.